The minimum absolute atomic E-state index is 0.198. The van der Waals surface area contributed by atoms with Gasteiger partial charge in [0, 0.05) is 0 Å². The number of nitrogen functional groups attached to an aromatic ring is 1. The van der Waals surface area contributed by atoms with Crippen LogP contribution in [0.2, 0.25) is 10.0 Å². The van der Waals surface area contributed by atoms with Crippen molar-refractivity contribution in [1.29, 1.82) is 0 Å². The number of halogens is 2. The van der Waals surface area contributed by atoms with E-state index in [0.29, 0.717) is 15.8 Å². The first kappa shape index (κ1) is 14.0. The number of nitrogens with two attached hydrogens (primary N) is 1. The molecule has 0 atom stereocenters. The Morgan fingerprint density at radius 3 is 2.47 bits per heavy atom. The van der Waals surface area contributed by atoms with E-state index < -0.39 is 0 Å². The summed E-state index contributed by atoms with van der Waals surface area (Å²) in [5.41, 5.74) is 6.89. The zero-order valence-corrected chi connectivity index (χ0v) is 12.0. The first-order valence-electron chi connectivity index (χ1n) is 5.98. The topological polar surface area (TPSA) is 48.1 Å². The molecular formula is C14H14Cl2N2O. The Morgan fingerprint density at radius 1 is 1.16 bits per heavy atom. The number of anilines is 1. The lowest BCUT2D eigenvalue weighted by Gasteiger charge is -2.08. The summed E-state index contributed by atoms with van der Waals surface area (Å²) in [6.45, 7) is 2.14. The van der Waals surface area contributed by atoms with Crippen LogP contribution in [0.4, 0.5) is 5.82 Å². The minimum atomic E-state index is 0.198. The van der Waals surface area contributed by atoms with Crippen molar-refractivity contribution in [2.75, 3.05) is 5.73 Å². The van der Waals surface area contributed by atoms with Crippen LogP contribution in [0, 0.1) is 0 Å². The van der Waals surface area contributed by atoms with Gasteiger partial charge in [-0.15, -0.1) is 0 Å². The second-order valence-corrected chi connectivity index (χ2v) is 4.95. The third kappa shape index (κ3) is 3.52. The number of nitrogens with zero attached hydrogens (tertiary/aromatic N) is 1. The van der Waals surface area contributed by atoms with Crippen LogP contribution in [0.25, 0.3) is 0 Å². The van der Waals surface area contributed by atoms with Crippen molar-refractivity contribution in [3.63, 3.8) is 0 Å². The van der Waals surface area contributed by atoms with Crippen LogP contribution in [0.5, 0.6) is 11.6 Å². The Labute approximate surface area is 122 Å². The average molecular weight is 297 g/mol. The highest BCUT2D eigenvalue weighted by atomic mass is 35.5. The van der Waals surface area contributed by atoms with Gasteiger partial charge in [-0.25, -0.2) is 0 Å². The molecule has 0 bridgehead atoms. The Hall–Kier alpha value is -1.45. The zero-order valence-electron chi connectivity index (χ0n) is 10.5. The lowest BCUT2D eigenvalue weighted by molar-refractivity contribution is 0.464. The molecule has 0 unspecified atom stereocenters. The number of hydrogen-bond acceptors (Lipinski definition) is 3. The SMILES string of the molecule is CCCc1ccc(Oc2nc(N)c(Cl)cc2Cl)cc1. The molecule has 0 aliphatic heterocycles. The van der Waals surface area contributed by atoms with Crippen molar-refractivity contribution in [3.8, 4) is 11.6 Å². The van der Waals surface area contributed by atoms with E-state index in [9.17, 15) is 0 Å². The van der Waals surface area contributed by atoms with Crippen molar-refractivity contribution in [1.82, 2.24) is 4.98 Å². The molecular weight excluding hydrogens is 283 g/mol. The van der Waals surface area contributed by atoms with Gasteiger partial charge in [-0.1, -0.05) is 48.7 Å². The second-order valence-electron chi connectivity index (χ2n) is 4.14. The lowest BCUT2D eigenvalue weighted by atomic mass is 10.1. The molecule has 0 spiro atoms. The monoisotopic (exact) mass is 296 g/mol. The molecule has 1 heterocycles. The number of ether oxygens (including phenoxy) is 1. The summed E-state index contributed by atoms with van der Waals surface area (Å²) in [5.74, 6) is 1.12. The van der Waals surface area contributed by atoms with Gasteiger partial charge in [0.1, 0.15) is 16.6 Å². The van der Waals surface area contributed by atoms with Gasteiger partial charge in [-0.05, 0) is 30.2 Å². The van der Waals surface area contributed by atoms with E-state index in [2.05, 4.69) is 11.9 Å². The molecule has 5 heteroatoms. The van der Waals surface area contributed by atoms with Gasteiger partial charge in [-0.2, -0.15) is 4.98 Å². The van der Waals surface area contributed by atoms with Crippen LogP contribution < -0.4 is 10.5 Å². The molecule has 2 rings (SSSR count). The minimum Gasteiger partial charge on any atom is -0.437 e. The maximum Gasteiger partial charge on any atom is 0.240 e. The van der Waals surface area contributed by atoms with Crippen LogP contribution >= 0.6 is 23.2 Å². The normalized spacial score (nSPS) is 10.5. The number of aryl methyl sites for hydroxylation is 1. The summed E-state index contributed by atoms with van der Waals surface area (Å²) in [4.78, 5) is 4.02. The van der Waals surface area contributed by atoms with Crippen LogP contribution in [0.1, 0.15) is 18.9 Å². The van der Waals surface area contributed by atoms with Gasteiger partial charge < -0.3 is 10.5 Å². The smallest absolute Gasteiger partial charge is 0.240 e. The van der Waals surface area contributed by atoms with Crippen LogP contribution in [0.3, 0.4) is 0 Å². The molecule has 0 aliphatic rings. The highest BCUT2D eigenvalue weighted by Crippen LogP contribution is 2.32. The van der Waals surface area contributed by atoms with E-state index in [0.717, 1.165) is 12.8 Å². The van der Waals surface area contributed by atoms with Gasteiger partial charge in [0.25, 0.3) is 0 Å². The van der Waals surface area contributed by atoms with Gasteiger partial charge in [-0.3, -0.25) is 0 Å². The van der Waals surface area contributed by atoms with Gasteiger partial charge in [0.2, 0.25) is 5.88 Å². The largest absolute Gasteiger partial charge is 0.437 e. The fourth-order valence-corrected chi connectivity index (χ4v) is 2.06. The number of aromatic nitrogens is 1. The number of hydrogen-bond donors (Lipinski definition) is 1. The van der Waals surface area contributed by atoms with Crippen LogP contribution in [-0.2, 0) is 6.42 Å². The predicted octanol–water partition coefficient (Wildman–Crippen LogP) is 4.72. The Morgan fingerprint density at radius 2 is 1.84 bits per heavy atom. The molecule has 0 fully saturated rings. The number of rotatable bonds is 4. The maximum atomic E-state index is 6.00. The van der Waals surface area contributed by atoms with Crippen molar-refractivity contribution in [2.45, 2.75) is 19.8 Å². The molecule has 19 heavy (non-hydrogen) atoms. The quantitative estimate of drug-likeness (QED) is 0.888. The highest BCUT2D eigenvalue weighted by molar-refractivity contribution is 6.36. The standard InChI is InChI=1S/C14H14Cl2N2O/c1-2-3-9-4-6-10(7-5-9)19-14-12(16)8-11(15)13(17)18-14/h4-8H,2-3H2,1H3,(H2,17,18). The molecule has 2 aromatic rings. The van der Waals surface area contributed by atoms with E-state index in [4.69, 9.17) is 33.7 Å². The van der Waals surface area contributed by atoms with Gasteiger partial charge in [0.05, 0.1) is 5.02 Å². The molecule has 3 nitrogen and oxygen atoms in total. The molecule has 0 saturated carbocycles. The van der Waals surface area contributed by atoms with E-state index in [1.165, 1.54) is 11.6 Å². The van der Waals surface area contributed by atoms with Crippen molar-refractivity contribution in [3.05, 3.63) is 45.9 Å². The first-order valence-corrected chi connectivity index (χ1v) is 6.74. The van der Waals surface area contributed by atoms with Crippen LogP contribution in [-0.4, -0.2) is 4.98 Å². The Bertz CT molecular complexity index is 570. The zero-order chi connectivity index (χ0) is 13.8. The molecule has 100 valence electrons. The predicted molar refractivity (Wildman–Crippen MR) is 79.2 cm³/mol. The van der Waals surface area contributed by atoms with Crippen molar-refractivity contribution < 1.29 is 4.74 Å². The highest BCUT2D eigenvalue weighted by Gasteiger charge is 2.09. The Kier molecular flexibility index (Phi) is 4.51. The fourth-order valence-electron chi connectivity index (χ4n) is 1.66. The van der Waals surface area contributed by atoms with Crippen molar-refractivity contribution in [2.24, 2.45) is 0 Å². The first-order chi connectivity index (χ1) is 9.10. The summed E-state index contributed by atoms with van der Waals surface area (Å²) in [5, 5.41) is 0.646. The van der Waals surface area contributed by atoms with Gasteiger partial charge in [0.15, 0.2) is 0 Å². The van der Waals surface area contributed by atoms with E-state index >= 15 is 0 Å². The molecule has 0 radical (unpaired) electrons. The van der Waals surface area contributed by atoms with E-state index in [1.807, 2.05) is 24.3 Å². The summed E-state index contributed by atoms with van der Waals surface area (Å²) in [6.07, 6.45) is 2.16. The van der Waals surface area contributed by atoms with Gasteiger partial charge >= 0.3 is 0 Å². The lowest BCUT2D eigenvalue weighted by Crippen LogP contribution is -1.96. The summed E-state index contributed by atoms with van der Waals surface area (Å²) in [6, 6.07) is 9.33. The van der Waals surface area contributed by atoms with Crippen molar-refractivity contribution >= 4 is 29.0 Å². The molecule has 1 aromatic carbocycles. The summed E-state index contributed by atoms with van der Waals surface area (Å²) < 4.78 is 5.60. The number of pyridine rings is 1. The fraction of sp³-hybridized carbons (Fsp3) is 0.214. The molecule has 2 N–H and O–H groups in total. The van der Waals surface area contributed by atoms with E-state index in [1.54, 1.807) is 0 Å². The molecule has 0 aliphatic carbocycles. The molecule has 0 saturated heterocycles. The average Bonchev–Trinajstić information content (AvgIpc) is 2.38. The maximum absolute atomic E-state index is 6.00. The van der Waals surface area contributed by atoms with E-state index in [-0.39, 0.29) is 11.7 Å². The molecule has 1 aromatic heterocycles. The Balaban J connectivity index is 2.19. The molecule has 0 amide bonds. The third-order valence-electron chi connectivity index (χ3n) is 2.60. The summed E-state index contributed by atoms with van der Waals surface area (Å²) in [7, 11) is 0. The number of benzene rings is 1. The summed E-state index contributed by atoms with van der Waals surface area (Å²) >= 11 is 11.8. The second kappa shape index (κ2) is 6.13. The third-order valence-corrected chi connectivity index (χ3v) is 3.17. The van der Waals surface area contributed by atoms with Crippen LogP contribution in [0.15, 0.2) is 30.3 Å².